The first-order valence-corrected chi connectivity index (χ1v) is 14.1. The second-order valence-corrected chi connectivity index (χ2v) is 10.8. The fourth-order valence-electron chi connectivity index (χ4n) is 4.56. The van der Waals surface area contributed by atoms with Gasteiger partial charge in [0.2, 0.25) is 0 Å². The highest BCUT2D eigenvalue weighted by Crippen LogP contribution is 2.22. The quantitative estimate of drug-likeness (QED) is 0.233. The van der Waals surface area contributed by atoms with E-state index in [2.05, 4.69) is 10.2 Å². The van der Waals surface area contributed by atoms with E-state index < -0.39 is 11.9 Å². The minimum Gasteiger partial charge on any atom is -0.491 e. The third-order valence-electron chi connectivity index (χ3n) is 6.82. The van der Waals surface area contributed by atoms with Gasteiger partial charge in [0.1, 0.15) is 31.2 Å². The van der Waals surface area contributed by atoms with Crippen LogP contribution in [0.25, 0.3) is 0 Å². The summed E-state index contributed by atoms with van der Waals surface area (Å²) in [5, 5.41) is 13.5. The first-order valence-electron chi connectivity index (χ1n) is 14.1. The van der Waals surface area contributed by atoms with Crippen LogP contribution in [0, 0.1) is 0 Å². The van der Waals surface area contributed by atoms with Crippen LogP contribution in [-0.4, -0.2) is 130 Å². The summed E-state index contributed by atoms with van der Waals surface area (Å²) in [5.41, 5.74) is 0.987. The Hall–Kier alpha value is -2.48. The maximum atomic E-state index is 12.3. The average Bonchev–Trinajstić information content (AvgIpc) is 3.70. The molecule has 1 aromatic rings. The van der Waals surface area contributed by atoms with Crippen LogP contribution in [0.3, 0.4) is 0 Å². The number of hydrogen-bond donors (Lipinski definition) is 2. The molecule has 3 fully saturated rings. The van der Waals surface area contributed by atoms with Gasteiger partial charge in [-0.15, -0.1) is 0 Å². The summed E-state index contributed by atoms with van der Waals surface area (Å²) in [6, 6.07) is 7.37. The maximum Gasteiger partial charge on any atom is 0.317 e. The highest BCUT2D eigenvalue weighted by Gasteiger charge is 2.33. The predicted octanol–water partition coefficient (Wildman–Crippen LogP) is 0.796. The van der Waals surface area contributed by atoms with Crippen molar-refractivity contribution in [3.05, 3.63) is 29.8 Å². The van der Waals surface area contributed by atoms with E-state index >= 15 is 0 Å². The van der Waals surface area contributed by atoms with Crippen molar-refractivity contribution in [2.75, 3.05) is 78.9 Å². The van der Waals surface area contributed by atoms with Gasteiger partial charge < -0.3 is 43.7 Å². The molecule has 3 atom stereocenters. The second kappa shape index (κ2) is 14.9. The molecule has 40 heavy (non-hydrogen) atoms. The predicted molar refractivity (Wildman–Crippen MR) is 144 cm³/mol. The van der Waals surface area contributed by atoms with Crippen molar-refractivity contribution < 1.29 is 43.1 Å². The van der Waals surface area contributed by atoms with Crippen molar-refractivity contribution in [3.63, 3.8) is 0 Å². The minimum atomic E-state index is -0.706. The van der Waals surface area contributed by atoms with E-state index in [1.54, 1.807) is 4.90 Å². The van der Waals surface area contributed by atoms with Gasteiger partial charge >= 0.3 is 12.0 Å². The monoisotopic (exact) mass is 565 g/mol. The number of morpholine rings is 1. The van der Waals surface area contributed by atoms with Gasteiger partial charge in [-0.1, -0.05) is 12.1 Å². The third kappa shape index (κ3) is 10.8. The maximum absolute atomic E-state index is 12.3. The number of rotatable bonds is 15. The molecular formula is C28H43N3O9. The van der Waals surface area contributed by atoms with Gasteiger partial charge in [0.05, 0.1) is 32.5 Å². The molecule has 0 aromatic heterocycles. The summed E-state index contributed by atoms with van der Waals surface area (Å²) < 4.78 is 32.9. The number of nitrogens with one attached hydrogen (secondary N) is 1. The Balaban J connectivity index is 1.11. The van der Waals surface area contributed by atoms with Crippen molar-refractivity contribution in [1.29, 1.82) is 0 Å². The van der Waals surface area contributed by atoms with Crippen molar-refractivity contribution in [1.82, 2.24) is 15.1 Å². The van der Waals surface area contributed by atoms with Gasteiger partial charge in [-0.2, -0.15) is 0 Å². The normalized spacial score (nSPS) is 22.6. The van der Waals surface area contributed by atoms with Crippen LogP contribution in [0.15, 0.2) is 24.3 Å². The lowest BCUT2D eigenvalue weighted by molar-refractivity contribution is -0.158. The first kappa shape index (κ1) is 30.5. The molecule has 0 radical (unpaired) electrons. The van der Waals surface area contributed by atoms with Crippen molar-refractivity contribution in [2.45, 2.75) is 50.8 Å². The molecule has 3 aliphatic heterocycles. The van der Waals surface area contributed by atoms with Crippen LogP contribution < -0.4 is 10.1 Å². The van der Waals surface area contributed by atoms with Crippen LogP contribution in [0.2, 0.25) is 0 Å². The van der Waals surface area contributed by atoms with Gasteiger partial charge in [0.15, 0.2) is 5.79 Å². The van der Waals surface area contributed by atoms with Crippen LogP contribution in [0.1, 0.15) is 25.8 Å². The van der Waals surface area contributed by atoms with E-state index in [0.717, 1.165) is 12.2 Å². The number of benzene rings is 1. The zero-order valence-corrected chi connectivity index (χ0v) is 23.5. The zero-order valence-electron chi connectivity index (χ0n) is 23.5. The summed E-state index contributed by atoms with van der Waals surface area (Å²) in [6.07, 6.45) is 0.0490. The Morgan fingerprint density at radius 2 is 1.93 bits per heavy atom. The third-order valence-corrected chi connectivity index (χ3v) is 6.82. The number of epoxide rings is 1. The van der Waals surface area contributed by atoms with Crippen molar-refractivity contribution in [3.8, 4) is 5.75 Å². The Kier molecular flexibility index (Phi) is 11.4. The number of amides is 2. The van der Waals surface area contributed by atoms with E-state index in [-0.39, 0.29) is 43.8 Å². The Morgan fingerprint density at radius 3 is 2.60 bits per heavy atom. The lowest BCUT2D eigenvalue weighted by atomic mass is 10.1. The number of nitrogens with zero attached hydrogens (tertiary/aromatic N) is 2. The average molecular weight is 566 g/mol. The number of aryl methyl sites for hydroxylation is 1. The van der Waals surface area contributed by atoms with Gasteiger partial charge in [-0.25, -0.2) is 4.79 Å². The highest BCUT2D eigenvalue weighted by molar-refractivity contribution is 5.74. The van der Waals surface area contributed by atoms with E-state index in [1.165, 1.54) is 0 Å². The number of hydrogen-bond acceptors (Lipinski definition) is 10. The SMILES string of the molecule is CC1(C)OC[C@@H](COC(=O)CCc2ccc(OC[C@@H](O)CN(CCNC(=O)N3CCOCC3)C[C@H]3CO3)cc2)O1. The van der Waals surface area contributed by atoms with Gasteiger partial charge in [-0.3, -0.25) is 9.69 Å². The highest BCUT2D eigenvalue weighted by atomic mass is 16.7. The van der Waals surface area contributed by atoms with Gasteiger partial charge in [-0.05, 0) is 38.0 Å². The van der Waals surface area contributed by atoms with Crippen LogP contribution in [0.5, 0.6) is 5.75 Å². The molecule has 0 bridgehead atoms. The van der Waals surface area contributed by atoms with Crippen LogP contribution in [0.4, 0.5) is 4.79 Å². The molecule has 0 spiro atoms. The molecule has 4 rings (SSSR count). The molecule has 3 heterocycles. The number of carbonyl (C=O) groups is 2. The van der Waals surface area contributed by atoms with E-state index in [0.29, 0.717) is 71.3 Å². The molecule has 0 saturated carbocycles. The molecule has 0 aliphatic carbocycles. The Bertz CT molecular complexity index is 935. The lowest BCUT2D eigenvalue weighted by Gasteiger charge is -2.28. The number of aliphatic hydroxyl groups is 1. The lowest BCUT2D eigenvalue weighted by Crippen LogP contribution is -2.48. The molecule has 12 nitrogen and oxygen atoms in total. The summed E-state index contributed by atoms with van der Waals surface area (Å²) in [5.74, 6) is -0.274. The van der Waals surface area contributed by atoms with E-state index in [1.807, 2.05) is 38.1 Å². The molecule has 3 aliphatic rings. The van der Waals surface area contributed by atoms with Crippen molar-refractivity contribution >= 4 is 12.0 Å². The summed E-state index contributed by atoms with van der Waals surface area (Å²) in [7, 11) is 0. The number of urea groups is 1. The summed E-state index contributed by atoms with van der Waals surface area (Å²) >= 11 is 0. The summed E-state index contributed by atoms with van der Waals surface area (Å²) in [6.45, 7) is 9.62. The molecule has 2 amide bonds. The minimum absolute atomic E-state index is 0.0898. The topological polar surface area (TPSA) is 132 Å². The number of esters is 1. The largest absolute Gasteiger partial charge is 0.491 e. The molecule has 2 N–H and O–H groups in total. The van der Waals surface area contributed by atoms with Crippen LogP contribution in [-0.2, 0) is 34.9 Å². The standard InChI is InChI=1S/C28H43N3O9/c1-28(2)39-20-25(40-28)19-38-26(33)8-5-21-3-6-23(7-4-21)36-17-22(32)15-30(16-24-18-37-24)10-9-29-27(34)31-11-13-35-14-12-31/h3-4,6-7,22,24-25,32H,5,8-20H2,1-2H3,(H,29,34)/t22-,24-,25+/m0/s1. The molecule has 12 heteroatoms. The Labute approximate surface area is 235 Å². The number of aliphatic hydroxyl groups excluding tert-OH is 1. The van der Waals surface area contributed by atoms with E-state index in [4.69, 9.17) is 28.4 Å². The fourth-order valence-corrected chi connectivity index (χ4v) is 4.56. The smallest absolute Gasteiger partial charge is 0.317 e. The number of carbonyl (C=O) groups excluding carboxylic acids is 2. The molecule has 224 valence electrons. The Morgan fingerprint density at radius 1 is 1.18 bits per heavy atom. The van der Waals surface area contributed by atoms with E-state index in [9.17, 15) is 14.7 Å². The van der Waals surface area contributed by atoms with Gasteiger partial charge in [0, 0.05) is 45.7 Å². The molecule has 1 aromatic carbocycles. The number of ether oxygens (including phenoxy) is 6. The van der Waals surface area contributed by atoms with Crippen LogP contribution >= 0.6 is 0 Å². The molecule has 3 saturated heterocycles. The zero-order chi connectivity index (χ0) is 28.4. The van der Waals surface area contributed by atoms with Crippen molar-refractivity contribution in [2.24, 2.45) is 0 Å². The summed E-state index contributed by atoms with van der Waals surface area (Å²) in [4.78, 5) is 28.2. The second-order valence-electron chi connectivity index (χ2n) is 10.8. The molecule has 0 unspecified atom stereocenters. The fraction of sp³-hybridized carbons (Fsp3) is 0.714. The first-order chi connectivity index (χ1) is 19.3. The molecular weight excluding hydrogens is 522 g/mol. The van der Waals surface area contributed by atoms with Gasteiger partial charge in [0.25, 0.3) is 0 Å².